The lowest BCUT2D eigenvalue weighted by Crippen LogP contribution is -2.45. The molecule has 0 N–H and O–H groups in total. The van der Waals surface area contributed by atoms with Gasteiger partial charge >= 0.3 is 0 Å². The maximum Gasteiger partial charge on any atom is 0.260 e. The van der Waals surface area contributed by atoms with E-state index in [9.17, 15) is 4.79 Å². The number of hydrogen-bond acceptors (Lipinski definition) is 2. The van der Waals surface area contributed by atoms with E-state index < -0.39 is 0 Å². The minimum Gasteiger partial charge on any atom is -0.272 e. The number of carbonyl (C=O) groups is 1. The molecule has 3 heteroatoms. The summed E-state index contributed by atoms with van der Waals surface area (Å²) in [5.74, 6) is -0.0556. The van der Waals surface area contributed by atoms with Gasteiger partial charge in [-0.3, -0.25) is 9.80 Å². The van der Waals surface area contributed by atoms with E-state index in [2.05, 4.69) is 27.4 Å². The number of carbonyl (C=O) groups excluding carboxylic acids is 1. The summed E-state index contributed by atoms with van der Waals surface area (Å²) in [5.41, 5.74) is 0.100. The first kappa shape index (κ1) is 12.2. The molecule has 0 aromatic rings. The largest absolute Gasteiger partial charge is 0.272 e. The number of nitrogens with zero attached hydrogens (tertiary/aromatic N) is 2. The molecule has 0 saturated carbocycles. The highest BCUT2D eigenvalue weighted by molar-refractivity contribution is 5.86. The van der Waals surface area contributed by atoms with Crippen molar-refractivity contribution < 1.29 is 4.79 Å². The van der Waals surface area contributed by atoms with Crippen LogP contribution in [-0.4, -0.2) is 36.6 Å². The summed E-state index contributed by atoms with van der Waals surface area (Å²) in [4.78, 5) is 11.4. The second kappa shape index (κ2) is 4.42. The zero-order valence-corrected chi connectivity index (χ0v) is 9.29. The van der Waals surface area contributed by atoms with Crippen LogP contribution in [0.1, 0.15) is 20.8 Å². The lowest BCUT2D eigenvalue weighted by Gasteiger charge is -2.33. The van der Waals surface area contributed by atoms with Crippen molar-refractivity contribution in [2.75, 3.05) is 20.6 Å². The second-order valence-electron chi connectivity index (χ2n) is 4.51. The maximum absolute atomic E-state index is 11.4. The van der Waals surface area contributed by atoms with Gasteiger partial charge in [-0.15, -0.1) is 0 Å². The van der Waals surface area contributed by atoms with Crippen molar-refractivity contribution >= 4 is 5.91 Å². The molecule has 76 valence electrons. The molecule has 0 aromatic heterocycles. The van der Waals surface area contributed by atoms with Crippen molar-refractivity contribution in [3.05, 3.63) is 12.7 Å². The van der Waals surface area contributed by atoms with Gasteiger partial charge < -0.3 is 0 Å². The summed E-state index contributed by atoms with van der Waals surface area (Å²) < 4.78 is 0. The van der Waals surface area contributed by atoms with E-state index >= 15 is 0 Å². The average Bonchev–Trinajstić information content (AvgIpc) is 1.96. The zero-order valence-electron chi connectivity index (χ0n) is 9.29. The van der Waals surface area contributed by atoms with Crippen molar-refractivity contribution in [3.63, 3.8) is 0 Å². The first-order valence-electron chi connectivity index (χ1n) is 4.39. The molecule has 0 aliphatic heterocycles. The fraction of sp³-hybridized carbons (Fsp3) is 0.700. The number of hydrazine groups is 1. The van der Waals surface area contributed by atoms with Crippen LogP contribution >= 0.6 is 0 Å². The third-order valence-corrected chi connectivity index (χ3v) is 1.54. The van der Waals surface area contributed by atoms with Crippen LogP contribution in [0.25, 0.3) is 0 Å². The quantitative estimate of drug-likeness (QED) is 0.490. The average molecular weight is 184 g/mol. The first-order valence-corrected chi connectivity index (χ1v) is 4.39. The highest BCUT2D eigenvalue weighted by Crippen LogP contribution is 2.15. The van der Waals surface area contributed by atoms with E-state index in [4.69, 9.17) is 0 Å². The minimum atomic E-state index is -0.0556. The molecule has 0 saturated heterocycles. The molecule has 0 unspecified atom stereocenters. The van der Waals surface area contributed by atoms with Crippen LogP contribution in [0, 0.1) is 5.41 Å². The Morgan fingerprint density at radius 2 is 1.85 bits per heavy atom. The van der Waals surface area contributed by atoms with E-state index in [0.29, 0.717) is 6.54 Å². The van der Waals surface area contributed by atoms with Gasteiger partial charge in [0.2, 0.25) is 0 Å². The summed E-state index contributed by atoms with van der Waals surface area (Å²) in [6.45, 7) is 10.5. The molecule has 0 aliphatic rings. The molecule has 0 aromatic carbocycles. The molecular formula is C10H20N2O. The van der Waals surface area contributed by atoms with Gasteiger partial charge in [-0.1, -0.05) is 27.4 Å². The molecule has 0 bridgehead atoms. The Labute approximate surface area is 81.0 Å². The van der Waals surface area contributed by atoms with Gasteiger partial charge in [-0.05, 0) is 11.5 Å². The minimum absolute atomic E-state index is 0.0556. The van der Waals surface area contributed by atoms with Crippen molar-refractivity contribution in [2.45, 2.75) is 20.8 Å². The van der Waals surface area contributed by atoms with Crippen LogP contribution in [0.15, 0.2) is 12.7 Å². The molecule has 3 nitrogen and oxygen atoms in total. The molecule has 0 rings (SSSR count). The van der Waals surface area contributed by atoms with E-state index in [-0.39, 0.29) is 11.3 Å². The van der Waals surface area contributed by atoms with E-state index in [1.165, 1.54) is 6.08 Å². The van der Waals surface area contributed by atoms with Gasteiger partial charge in [-0.2, -0.15) is 0 Å². The highest BCUT2D eigenvalue weighted by Gasteiger charge is 2.20. The normalized spacial score (nSPS) is 11.5. The van der Waals surface area contributed by atoms with Crippen LogP contribution in [-0.2, 0) is 4.79 Å². The Bertz CT molecular complexity index is 192. The Hall–Kier alpha value is -0.830. The summed E-state index contributed by atoms with van der Waals surface area (Å²) in [5, 5.41) is 3.46. The predicted octanol–water partition coefficient (Wildman–Crippen LogP) is 1.52. The van der Waals surface area contributed by atoms with Gasteiger partial charge in [0.25, 0.3) is 5.91 Å². The van der Waals surface area contributed by atoms with Crippen molar-refractivity contribution in [2.24, 2.45) is 5.41 Å². The van der Waals surface area contributed by atoms with Gasteiger partial charge in [0.1, 0.15) is 0 Å². The molecular weight excluding hydrogens is 164 g/mol. The molecule has 1 amide bonds. The van der Waals surface area contributed by atoms with Crippen LogP contribution in [0.5, 0.6) is 0 Å². The summed E-state index contributed by atoms with van der Waals surface area (Å²) in [7, 11) is 3.71. The predicted molar refractivity (Wildman–Crippen MR) is 55.1 cm³/mol. The number of amides is 1. The Morgan fingerprint density at radius 1 is 1.38 bits per heavy atom. The third kappa shape index (κ3) is 4.68. The van der Waals surface area contributed by atoms with Gasteiger partial charge in [0.15, 0.2) is 0 Å². The summed E-state index contributed by atoms with van der Waals surface area (Å²) >= 11 is 0. The molecule has 0 aliphatic carbocycles. The lowest BCUT2D eigenvalue weighted by atomic mass is 9.96. The Kier molecular flexibility index (Phi) is 4.14. The van der Waals surface area contributed by atoms with E-state index in [1.54, 1.807) is 10.0 Å². The van der Waals surface area contributed by atoms with Gasteiger partial charge in [0, 0.05) is 20.6 Å². The first-order chi connectivity index (χ1) is 5.78. The molecule has 0 radical (unpaired) electrons. The molecule has 0 fully saturated rings. The van der Waals surface area contributed by atoms with Crippen LogP contribution < -0.4 is 0 Å². The Balaban J connectivity index is 4.45. The lowest BCUT2D eigenvalue weighted by molar-refractivity contribution is -0.141. The Morgan fingerprint density at radius 3 is 2.08 bits per heavy atom. The zero-order chi connectivity index (χ0) is 10.6. The van der Waals surface area contributed by atoms with Gasteiger partial charge in [0.05, 0.1) is 0 Å². The standard InChI is InChI=1S/C10H20N2O/c1-7-9(13)12(11(5)6)8-10(2,3)4/h7H,1,8H2,2-6H3. The maximum atomic E-state index is 11.4. The molecule has 0 atom stereocenters. The van der Waals surface area contributed by atoms with Crippen LogP contribution in [0.2, 0.25) is 0 Å². The fourth-order valence-electron chi connectivity index (χ4n) is 0.971. The molecule has 0 spiro atoms. The smallest absolute Gasteiger partial charge is 0.260 e. The van der Waals surface area contributed by atoms with Crippen molar-refractivity contribution in [3.8, 4) is 0 Å². The number of rotatable bonds is 3. The van der Waals surface area contributed by atoms with Gasteiger partial charge in [-0.25, -0.2) is 5.01 Å². The highest BCUT2D eigenvalue weighted by atomic mass is 16.2. The summed E-state index contributed by atoms with van der Waals surface area (Å²) in [6.07, 6.45) is 1.34. The van der Waals surface area contributed by atoms with Crippen molar-refractivity contribution in [1.29, 1.82) is 0 Å². The molecule has 13 heavy (non-hydrogen) atoms. The van der Waals surface area contributed by atoms with Crippen molar-refractivity contribution in [1.82, 2.24) is 10.0 Å². The monoisotopic (exact) mass is 184 g/mol. The summed E-state index contributed by atoms with van der Waals surface area (Å²) in [6, 6.07) is 0. The van der Waals surface area contributed by atoms with Crippen LogP contribution in [0.3, 0.4) is 0 Å². The van der Waals surface area contributed by atoms with E-state index in [0.717, 1.165) is 0 Å². The fourth-order valence-corrected chi connectivity index (χ4v) is 0.971. The number of hydrogen-bond donors (Lipinski definition) is 0. The third-order valence-electron chi connectivity index (χ3n) is 1.54. The van der Waals surface area contributed by atoms with E-state index in [1.807, 2.05) is 14.1 Å². The molecule has 0 heterocycles. The topological polar surface area (TPSA) is 23.6 Å². The second-order valence-corrected chi connectivity index (χ2v) is 4.51. The SMILES string of the molecule is C=CC(=O)N(CC(C)(C)C)N(C)C. The van der Waals surface area contributed by atoms with Crippen LogP contribution in [0.4, 0.5) is 0 Å².